The summed E-state index contributed by atoms with van der Waals surface area (Å²) in [5, 5.41) is 16.1. The molecule has 4 fully saturated rings. The molecule has 43 heavy (non-hydrogen) atoms. The van der Waals surface area contributed by atoms with Crippen molar-refractivity contribution in [2.45, 2.75) is 56.0 Å². The van der Waals surface area contributed by atoms with Crippen LogP contribution >= 0.6 is 11.3 Å². The number of fused-ring (bicyclic) bond motifs is 6. The van der Waals surface area contributed by atoms with E-state index in [-0.39, 0.29) is 11.8 Å². The van der Waals surface area contributed by atoms with Crippen molar-refractivity contribution in [3.8, 4) is 22.2 Å². The molecule has 0 spiro atoms. The van der Waals surface area contributed by atoms with Gasteiger partial charge in [-0.25, -0.2) is 0 Å². The number of piperazine rings is 1. The van der Waals surface area contributed by atoms with Gasteiger partial charge in [-0.15, -0.1) is 11.3 Å². The summed E-state index contributed by atoms with van der Waals surface area (Å²) in [7, 11) is 0. The van der Waals surface area contributed by atoms with Crippen LogP contribution in [-0.4, -0.2) is 89.8 Å². The van der Waals surface area contributed by atoms with Crippen molar-refractivity contribution < 1.29 is 24.1 Å². The van der Waals surface area contributed by atoms with Gasteiger partial charge in [0.1, 0.15) is 5.75 Å². The van der Waals surface area contributed by atoms with Crippen LogP contribution in [0.5, 0.6) is 11.8 Å². The lowest BCUT2D eigenvalue weighted by Gasteiger charge is -2.40. The van der Waals surface area contributed by atoms with Gasteiger partial charge in [-0.3, -0.25) is 15.0 Å². The molecule has 4 aromatic rings. The molecule has 2 N–H and O–H groups in total. The second-order valence-electron chi connectivity index (χ2n) is 12.2. The third-order valence-corrected chi connectivity index (χ3v) is 10.6. The Bertz CT molecular complexity index is 1660. The number of phenolic OH excluding ortho intramolecular Hbond substituents is 1. The lowest BCUT2D eigenvalue weighted by molar-refractivity contribution is -0.145. The summed E-state index contributed by atoms with van der Waals surface area (Å²) in [6.45, 7) is 4.95. The summed E-state index contributed by atoms with van der Waals surface area (Å²) < 4.78 is 18.5. The number of carbonyl (C=O) groups is 1. The smallest absolute Gasteiger partial charge is 0.319 e. The molecule has 224 valence electrons. The van der Waals surface area contributed by atoms with E-state index in [0.717, 1.165) is 82.8 Å². The highest BCUT2D eigenvalue weighted by Crippen LogP contribution is 2.43. The largest absolute Gasteiger partial charge is 0.508 e. The highest BCUT2D eigenvalue weighted by atomic mass is 32.1. The van der Waals surface area contributed by atoms with Crippen LogP contribution in [0.1, 0.15) is 32.1 Å². The molecule has 8 rings (SSSR count). The fraction of sp³-hybridized carbons (Fsp3) is 0.469. The fourth-order valence-corrected chi connectivity index (χ4v) is 8.65. The van der Waals surface area contributed by atoms with Crippen molar-refractivity contribution >= 4 is 44.6 Å². The molecule has 0 amide bonds. The minimum Gasteiger partial charge on any atom is -0.508 e. The number of aromatic hydroxyl groups is 1. The summed E-state index contributed by atoms with van der Waals surface area (Å²) in [6, 6.07) is 15.3. The molecule has 0 saturated carbocycles. The molecule has 4 saturated heterocycles. The number of hydrogen-bond donors (Lipinski definition) is 2. The zero-order chi connectivity index (χ0) is 29.0. The number of aromatic nitrogens is 2. The molecule has 4 atom stereocenters. The predicted molar refractivity (Wildman–Crippen MR) is 165 cm³/mol. The zero-order valence-corrected chi connectivity index (χ0v) is 24.7. The second kappa shape index (κ2) is 10.9. The standard InChI is InChI=1S/C32H35N5O5S/c38-19-42-32-9-8-21(35-32)15-36(18-32)30-29-27(14-28(43-29)26-13-24(39)12-20-4-1-2-5-25(20)26)33-31(34-30)41-11-3-10-37-22-6-7-23(37)17-40-16-22/h1-2,4-5,12-14,19,21-23,35,39H,3,6-11,15-18H2. The van der Waals surface area contributed by atoms with E-state index in [1.807, 2.05) is 24.3 Å². The van der Waals surface area contributed by atoms with Crippen LogP contribution in [0.15, 0.2) is 42.5 Å². The lowest BCUT2D eigenvalue weighted by Crippen LogP contribution is -2.61. The number of nitrogens with zero attached hydrogens (tertiary/aromatic N) is 4. The number of phenols is 1. The molecule has 4 bridgehead atoms. The number of thiophene rings is 1. The number of anilines is 1. The molecule has 4 aliphatic rings. The van der Waals surface area contributed by atoms with E-state index in [1.165, 1.54) is 12.8 Å². The monoisotopic (exact) mass is 601 g/mol. The average Bonchev–Trinajstić information content (AvgIpc) is 3.63. The van der Waals surface area contributed by atoms with Crippen LogP contribution in [0.3, 0.4) is 0 Å². The van der Waals surface area contributed by atoms with Crippen LogP contribution in [0.25, 0.3) is 31.4 Å². The molecule has 6 heterocycles. The molecule has 2 aromatic heterocycles. The Morgan fingerprint density at radius 3 is 2.86 bits per heavy atom. The Morgan fingerprint density at radius 2 is 2.00 bits per heavy atom. The SMILES string of the molecule is O=COC12CCC(CN(c3nc(OCCCN4C5CCC4COC5)nc4cc(-c5cc(O)cc6ccccc56)sc34)C1)N2. The number of ether oxygens (including phenoxy) is 3. The van der Waals surface area contributed by atoms with Gasteiger partial charge >= 0.3 is 6.01 Å². The first-order valence-corrected chi connectivity index (χ1v) is 16.0. The maximum absolute atomic E-state index is 11.4. The van der Waals surface area contributed by atoms with Crippen molar-refractivity contribution in [3.63, 3.8) is 0 Å². The highest BCUT2D eigenvalue weighted by molar-refractivity contribution is 7.22. The van der Waals surface area contributed by atoms with Crippen molar-refractivity contribution in [1.82, 2.24) is 20.2 Å². The van der Waals surface area contributed by atoms with Crippen molar-refractivity contribution in [2.24, 2.45) is 0 Å². The zero-order valence-electron chi connectivity index (χ0n) is 23.9. The normalized spacial score (nSPS) is 26.8. The van der Waals surface area contributed by atoms with Gasteiger partial charge in [-0.2, -0.15) is 9.97 Å². The van der Waals surface area contributed by atoms with Crippen molar-refractivity contribution in [2.75, 3.05) is 44.4 Å². The van der Waals surface area contributed by atoms with Gasteiger partial charge in [-0.1, -0.05) is 24.3 Å². The number of carbonyl (C=O) groups excluding carboxylic acids is 1. The molecule has 0 aliphatic carbocycles. The number of nitrogens with one attached hydrogen (secondary N) is 1. The van der Waals surface area contributed by atoms with Gasteiger partial charge in [0.05, 0.1) is 36.6 Å². The number of benzene rings is 2. The van der Waals surface area contributed by atoms with E-state index in [4.69, 9.17) is 24.2 Å². The fourth-order valence-electron chi connectivity index (χ4n) is 7.50. The van der Waals surface area contributed by atoms with E-state index in [2.05, 4.69) is 27.2 Å². The van der Waals surface area contributed by atoms with Crippen LogP contribution in [0.4, 0.5) is 5.82 Å². The quantitative estimate of drug-likeness (QED) is 0.213. The summed E-state index contributed by atoms with van der Waals surface area (Å²) in [5.41, 5.74) is 1.03. The predicted octanol–water partition coefficient (Wildman–Crippen LogP) is 4.29. The first kappa shape index (κ1) is 27.1. The van der Waals surface area contributed by atoms with Gasteiger partial charge in [0, 0.05) is 48.1 Å². The Hall–Kier alpha value is -3.51. The van der Waals surface area contributed by atoms with Crippen molar-refractivity contribution in [1.29, 1.82) is 0 Å². The van der Waals surface area contributed by atoms with Gasteiger partial charge in [0.15, 0.2) is 11.5 Å². The molecule has 4 aliphatic heterocycles. The second-order valence-corrected chi connectivity index (χ2v) is 13.3. The molecule has 4 unspecified atom stereocenters. The third kappa shape index (κ3) is 4.98. The minimum absolute atomic E-state index is 0.196. The molecule has 0 radical (unpaired) electrons. The Kier molecular flexibility index (Phi) is 6.85. The van der Waals surface area contributed by atoms with Gasteiger partial charge in [-0.05, 0) is 54.7 Å². The average molecular weight is 602 g/mol. The van der Waals surface area contributed by atoms with Crippen molar-refractivity contribution in [3.05, 3.63) is 42.5 Å². The highest BCUT2D eigenvalue weighted by Gasteiger charge is 2.47. The van der Waals surface area contributed by atoms with Crippen LogP contribution in [-0.2, 0) is 14.3 Å². The van der Waals surface area contributed by atoms with Gasteiger partial charge in [0.2, 0.25) is 0 Å². The summed E-state index contributed by atoms with van der Waals surface area (Å²) in [5.74, 6) is 1.01. The maximum atomic E-state index is 11.4. The summed E-state index contributed by atoms with van der Waals surface area (Å²) in [4.78, 5) is 27.0. The molecule has 2 aromatic carbocycles. The topological polar surface area (TPSA) is 109 Å². The van der Waals surface area contributed by atoms with E-state index in [9.17, 15) is 9.90 Å². The van der Waals surface area contributed by atoms with E-state index >= 15 is 0 Å². The number of morpholine rings is 1. The summed E-state index contributed by atoms with van der Waals surface area (Å²) >= 11 is 1.61. The number of hydrogen-bond acceptors (Lipinski definition) is 11. The van der Waals surface area contributed by atoms with Gasteiger partial charge < -0.3 is 24.2 Å². The third-order valence-electron chi connectivity index (χ3n) is 9.45. The summed E-state index contributed by atoms with van der Waals surface area (Å²) in [6.07, 6.45) is 5.00. The van der Waals surface area contributed by atoms with Crippen LogP contribution in [0.2, 0.25) is 0 Å². The Morgan fingerprint density at radius 1 is 1.14 bits per heavy atom. The van der Waals surface area contributed by atoms with E-state index in [1.54, 1.807) is 17.4 Å². The molecular weight excluding hydrogens is 566 g/mol. The maximum Gasteiger partial charge on any atom is 0.319 e. The minimum atomic E-state index is -0.720. The first-order valence-electron chi connectivity index (χ1n) is 15.2. The molecule has 10 nitrogen and oxygen atoms in total. The van der Waals surface area contributed by atoms with Crippen LogP contribution in [0, 0.1) is 0 Å². The molecular formula is C32H35N5O5S. The Balaban J connectivity index is 1.12. The van der Waals surface area contributed by atoms with E-state index in [0.29, 0.717) is 37.7 Å². The lowest BCUT2D eigenvalue weighted by atomic mass is 10.0. The number of rotatable bonds is 9. The molecule has 11 heteroatoms. The van der Waals surface area contributed by atoms with Crippen LogP contribution < -0.4 is 15.0 Å². The Labute approximate surface area is 253 Å². The van der Waals surface area contributed by atoms with Gasteiger partial charge in [0.25, 0.3) is 6.47 Å². The first-order chi connectivity index (χ1) is 21.1. The van der Waals surface area contributed by atoms with E-state index < -0.39 is 5.72 Å².